The summed E-state index contributed by atoms with van der Waals surface area (Å²) < 4.78 is 34.6. The lowest BCUT2D eigenvalue weighted by Gasteiger charge is -2.22. The van der Waals surface area contributed by atoms with Crippen molar-refractivity contribution in [2.75, 3.05) is 20.2 Å². The van der Waals surface area contributed by atoms with Gasteiger partial charge in [-0.1, -0.05) is 36.4 Å². The highest BCUT2D eigenvalue weighted by Crippen LogP contribution is 2.34. The van der Waals surface area contributed by atoms with Crippen molar-refractivity contribution in [1.82, 2.24) is 24.5 Å². The molecule has 1 fully saturated rings. The minimum atomic E-state index is -1.43. The molecule has 206 valence electrons. The van der Waals surface area contributed by atoms with Crippen molar-refractivity contribution in [3.05, 3.63) is 77.4 Å². The molecule has 0 bridgehead atoms. The highest BCUT2D eigenvalue weighted by atomic mass is 19.1. The highest BCUT2D eigenvalue weighted by molar-refractivity contribution is 5.52. The number of imidazole rings is 1. The van der Waals surface area contributed by atoms with Crippen LogP contribution in [0.1, 0.15) is 56.5 Å². The highest BCUT2D eigenvalue weighted by Gasteiger charge is 2.28. The van der Waals surface area contributed by atoms with Crippen LogP contribution in [0.15, 0.2) is 54.7 Å². The van der Waals surface area contributed by atoms with Gasteiger partial charge in [0.25, 0.3) is 5.88 Å². The topological polar surface area (TPSA) is 94.2 Å². The SMILES string of the molecule is CN1CCCC1COc1nc(OC(C)(C)C)c2ncc(C(O)c3c(F)cccc3OCc3ccccc3)n2n1. The fourth-order valence-electron chi connectivity index (χ4n) is 4.61. The van der Waals surface area contributed by atoms with Crippen molar-refractivity contribution in [2.45, 2.75) is 58.0 Å². The Morgan fingerprint density at radius 1 is 1.10 bits per heavy atom. The third kappa shape index (κ3) is 6.12. The number of rotatable bonds is 9. The van der Waals surface area contributed by atoms with Gasteiger partial charge in [-0.3, -0.25) is 0 Å². The van der Waals surface area contributed by atoms with E-state index in [1.54, 1.807) is 12.1 Å². The average Bonchev–Trinajstić information content (AvgIpc) is 3.51. The molecular formula is C29H34FN5O4. The van der Waals surface area contributed by atoms with E-state index >= 15 is 4.39 Å². The van der Waals surface area contributed by atoms with Gasteiger partial charge in [0.2, 0.25) is 5.65 Å². The summed E-state index contributed by atoms with van der Waals surface area (Å²) in [6, 6.07) is 14.3. The Kier molecular flexibility index (Phi) is 7.67. The van der Waals surface area contributed by atoms with Gasteiger partial charge in [-0.05, 0) is 64.9 Å². The number of aliphatic hydroxyl groups is 1. The number of likely N-dealkylation sites (N-methyl/N-ethyl adjacent to an activating group) is 1. The van der Waals surface area contributed by atoms with Crippen LogP contribution in [0.25, 0.3) is 5.65 Å². The number of aromatic nitrogens is 4. The minimum absolute atomic E-state index is 0.0119. The molecule has 2 aromatic carbocycles. The maximum absolute atomic E-state index is 15.2. The number of aliphatic hydroxyl groups excluding tert-OH is 1. The molecule has 2 atom stereocenters. The largest absolute Gasteiger partial charge is 0.488 e. The van der Waals surface area contributed by atoms with E-state index in [1.807, 2.05) is 51.1 Å². The second kappa shape index (κ2) is 11.2. The van der Waals surface area contributed by atoms with E-state index in [0.29, 0.717) is 6.61 Å². The Morgan fingerprint density at radius 3 is 2.62 bits per heavy atom. The van der Waals surface area contributed by atoms with Crippen LogP contribution in [-0.2, 0) is 6.61 Å². The van der Waals surface area contributed by atoms with E-state index in [4.69, 9.17) is 14.2 Å². The van der Waals surface area contributed by atoms with Crippen LogP contribution < -0.4 is 14.2 Å². The monoisotopic (exact) mass is 535 g/mol. The zero-order chi connectivity index (χ0) is 27.6. The quantitative estimate of drug-likeness (QED) is 0.333. The first-order valence-corrected chi connectivity index (χ1v) is 13.1. The van der Waals surface area contributed by atoms with Crippen LogP contribution >= 0.6 is 0 Å². The Bertz CT molecular complexity index is 1420. The van der Waals surface area contributed by atoms with Gasteiger partial charge in [-0.25, -0.2) is 13.9 Å². The Labute approximate surface area is 227 Å². The van der Waals surface area contributed by atoms with E-state index in [0.717, 1.165) is 24.9 Å². The number of benzene rings is 2. The molecular weight excluding hydrogens is 501 g/mol. The number of hydrogen-bond donors (Lipinski definition) is 1. The van der Waals surface area contributed by atoms with Crippen LogP contribution in [0.2, 0.25) is 0 Å². The fourth-order valence-corrected chi connectivity index (χ4v) is 4.61. The molecule has 3 heterocycles. The van der Waals surface area contributed by atoms with E-state index in [9.17, 15) is 5.11 Å². The molecule has 9 nitrogen and oxygen atoms in total. The molecule has 39 heavy (non-hydrogen) atoms. The standard InChI is InChI=1S/C29H34FN5O4/c1-29(2,3)39-27-26-31-16-22(35(26)33-28(32-27)38-18-20-12-9-15-34(20)4)25(36)24-21(30)13-8-14-23(24)37-17-19-10-6-5-7-11-19/h5-8,10-11,13-14,16,20,25,36H,9,12,15,17-18H2,1-4H3. The summed E-state index contributed by atoms with van der Waals surface area (Å²) in [4.78, 5) is 11.1. The van der Waals surface area contributed by atoms with Crippen LogP contribution in [0, 0.1) is 5.82 Å². The second-order valence-corrected chi connectivity index (χ2v) is 10.7. The summed E-state index contributed by atoms with van der Waals surface area (Å²) in [5.41, 5.74) is 0.841. The molecule has 1 aliphatic rings. The van der Waals surface area contributed by atoms with Crippen molar-refractivity contribution < 1.29 is 23.7 Å². The van der Waals surface area contributed by atoms with E-state index in [2.05, 4.69) is 27.0 Å². The molecule has 2 unspecified atom stereocenters. The van der Waals surface area contributed by atoms with Crippen molar-refractivity contribution >= 4 is 5.65 Å². The zero-order valence-electron chi connectivity index (χ0n) is 22.7. The average molecular weight is 536 g/mol. The number of nitrogens with zero attached hydrogens (tertiary/aromatic N) is 5. The first kappa shape index (κ1) is 26.8. The van der Waals surface area contributed by atoms with Gasteiger partial charge < -0.3 is 24.2 Å². The molecule has 2 aromatic heterocycles. The predicted molar refractivity (Wildman–Crippen MR) is 144 cm³/mol. The van der Waals surface area contributed by atoms with E-state index in [-0.39, 0.29) is 47.2 Å². The summed E-state index contributed by atoms with van der Waals surface area (Å²) in [5.74, 6) is -0.175. The summed E-state index contributed by atoms with van der Waals surface area (Å²) in [5, 5.41) is 16.0. The summed E-state index contributed by atoms with van der Waals surface area (Å²) in [7, 11) is 2.06. The van der Waals surface area contributed by atoms with Crippen LogP contribution in [0.5, 0.6) is 17.6 Å². The van der Waals surface area contributed by atoms with Gasteiger partial charge in [0.1, 0.15) is 36.5 Å². The predicted octanol–water partition coefficient (Wildman–Crippen LogP) is 4.57. The molecule has 1 saturated heterocycles. The van der Waals surface area contributed by atoms with Gasteiger partial charge in [-0.15, -0.1) is 5.10 Å². The third-order valence-corrected chi connectivity index (χ3v) is 6.62. The molecule has 0 amide bonds. The van der Waals surface area contributed by atoms with Crippen LogP contribution in [0.3, 0.4) is 0 Å². The van der Waals surface area contributed by atoms with Crippen molar-refractivity contribution in [3.8, 4) is 17.6 Å². The van der Waals surface area contributed by atoms with Gasteiger partial charge in [-0.2, -0.15) is 4.98 Å². The summed E-state index contributed by atoms with van der Waals surface area (Å²) >= 11 is 0. The normalized spacial score (nSPS) is 16.9. The lowest BCUT2D eigenvalue weighted by atomic mass is 10.1. The van der Waals surface area contributed by atoms with Gasteiger partial charge in [0, 0.05) is 6.04 Å². The molecule has 0 spiro atoms. The first-order chi connectivity index (χ1) is 18.7. The summed E-state index contributed by atoms with van der Waals surface area (Å²) in [6.07, 6.45) is 2.14. The molecule has 0 radical (unpaired) electrons. The third-order valence-electron chi connectivity index (χ3n) is 6.62. The van der Waals surface area contributed by atoms with E-state index < -0.39 is 17.5 Å². The van der Waals surface area contributed by atoms with Crippen molar-refractivity contribution in [3.63, 3.8) is 0 Å². The molecule has 1 N–H and O–H groups in total. The molecule has 0 saturated carbocycles. The van der Waals surface area contributed by atoms with Crippen LogP contribution in [0.4, 0.5) is 4.39 Å². The lowest BCUT2D eigenvalue weighted by Crippen LogP contribution is -2.31. The smallest absolute Gasteiger partial charge is 0.337 e. The molecule has 5 rings (SSSR count). The summed E-state index contributed by atoms with van der Waals surface area (Å²) in [6.45, 7) is 7.34. The maximum Gasteiger partial charge on any atom is 0.337 e. The number of halogens is 1. The van der Waals surface area contributed by atoms with Gasteiger partial charge in [0.05, 0.1) is 17.5 Å². The number of hydrogen-bond acceptors (Lipinski definition) is 8. The van der Waals surface area contributed by atoms with Crippen molar-refractivity contribution in [1.29, 1.82) is 0 Å². The maximum atomic E-state index is 15.2. The number of fused-ring (bicyclic) bond motifs is 1. The second-order valence-electron chi connectivity index (χ2n) is 10.7. The Morgan fingerprint density at radius 2 is 1.90 bits per heavy atom. The minimum Gasteiger partial charge on any atom is -0.488 e. The number of likely N-dealkylation sites (tertiary alicyclic amines) is 1. The van der Waals surface area contributed by atoms with Gasteiger partial charge >= 0.3 is 6.01 Å². The molecule has 4 aromatic rings. The first-order valence-electron chi connectivity index (χ1n) is 13.1. The van der Waals surface area contributed by atoms with E-state index in [1.165, 1.54) is 16.8 Å². The van der Waals surface area contributed by atoms with Gasteiger partial charge in [0.15, 0.2) is 0 Å². The molecule has 10 heteroatoms. The Balaban J connectivity index is 1.50. The lowest BCUT2D eigenvalue weighted by molar-refractivity contribution is 0.121. The zero-order valence-corrected chi connectivity index (χ0v) is 22.7. The molecule has 0 aliphatic carbocycles. The van der Waals surface area contributed by atoms with Crippen LogP contribution in [-0.4, -0.2) is 61.4 Å². The van der Waals surface area contributed by atoms with Crippen molar-refractivity contribution in [2.24, 2.45) is 0 Å². The fraction of sp³-hybridized carbons (Fsp3) is 0.414. The Hall–Kier alpha value is -3.76. The number of ether oxygens (including phenoxy) is 3. The molecule has 1 aliphatic heterocycles.